The molecule has 20 heavy (non-hydrogen) atoms. The van der Waals surface area contributed by atoms with Crippen molar-refractivity contribution in [1.82, 2.24) is 14.5 Å². The SMILES string of the molecule is CCC1(CNS(=O)(=O)c2cnn(CCN)c2)CCCC1. The molecule has 0 unspecified atom stereocenters. The maximum atomic E-state index is 12.3. The fourth-order valence-corrected chi connectivity index (χ4v) is 3.96. The summed E-state index contributed by atoms with van der Waals surface area (Å²) in [5, 5.41) is 4.01. The van der Waals surface area contributed by atoms with Crippen molar-refractivity contribution in [2.24, 2.45) is 11.1 Å². The molecule has 0 atom stereocenters. The molecule has 2 rings (SSSR count). The summed E-state index contributed by atoms with van der Waals surface area (Å²) < 4.78 is 28.8. The number of nitrogens with two attached hydrogens (primary N) is 1. The highest BCUT2D eigenvalue weighted by molar-refractivity contribution is 7.89. The largest absolute Gasteiger partial charge is 0.329 e. The van der Waals surface area contributed by atoms with Gasteiger partial charge in [-0.25, -0.2) is 13.1 Å². The van der Waals surface area contributed by atoms with Gasteiger partial charge in [0.15, 0.2) is 0 Å². The zero-order chi connectivity index (χ0) is 14.6. The van der Waals surface area contributed by atoms with Gasteiger partial charge < -0.3 is 5.73 Å². The van der Waals surface area contributed by atoms with E-state index in [1.165, 1.54) is 25.2 Å². The summed E-state index contributed by atoms with van der Waals surface area (Å²) in [6.45, 7) is 3.62. The zero-order valence-corrected chi connectivity index (χ0v) is 12.8. The number of hydrogen-bond donors (Lipinski definition) is 2. The Kier molecular flexibility index (Phi) is 4.82. The average Bonchev–Trinajstić information content (AvgIpc) is 3.07. The van der Waals surface area contributed by atoms with Gasteiger partial charge in [-0.2, -0.15) is 5.10 Å². The molecule has 114 valence electrons. The molecule has 1 saturated carbocycles. The third-order valence-corrected chi connectivity index (χ3v) is 5.69. The van der Waals surface area contributed by atoms with E-state index in [0.29, 0.717) is 19.6 Å². The molecule has 0 aliphatic heterocycles. The molecule has 0 bridgehead atoms. The van der Waals surface area contributed by atoms with Crippen LogP contribution in [0.4, 0.5) is 0 Å². The molecule has 0 saturated heterocycles. The molecule has 1 aromatic heterocycles. The lowest BCUT2D eigenvalue weighted by atomic mass is 9.84. The topological polar surface area (TPSA) is 90.0 Å². The summed E-state index contributed by atoms with van der Waals surface area (Å²) >= 11 is 0. The first-order valence-electron chi connectivity index (χ1n) is 7.23. The van der Waals surface area contributed by atoms with Crippen LogP contribution in [0.5, 0.6) is 0 Å². The molecule has 0 spiro atoms. The van der Waals surface area contributed by atoms with Gasteiger partial charge >= 0.3 is 0 Å². The van der Waals surface area contributed by atoms with Crippen molar-refractivity contribution < 1.29 is 8.42 Å². The molecule has 1 aliphatic rings. The summed E-state index contributed by atoms with van der Waals surface area (Å²) in [7, 11) is -3.47. The minimum atomic E-state index is -3.47. The van der Waals surface area contributed by atoms with Crippen LogP contribution in [0.3, 0.4) is 0 Å². The van der Waals surface area contributed by atoms with E-state index in [-0.39, 0.29) is 10.3 Å². The van der Waals surface area contributed by atoms with Crippen molar-refractivity contribution in [3.8, 4) is 0 Å². The molecule has 7 heteroatoms. The number of sulfonamides is 1. The van der Waals surface area contributed by atoms with Crippen LogP contribution >= 0.6 is 0 Å². The van der Waals surface area contributed by atoms with E-state index in [0.717, 1.165) is 19.3 Å². The van der Waals surface area contributed by atoms with Gasteiger partial charge in [0.25, 0.3) is 0 Å². The maximum absolute atomic E-state index is 12.3. The van der Waals surface area contributed by atoms with Crippen molar-refractivity contribution >= 4 is 10.0 Å². The highest BCUT2D eigenvalue weighted by Crippen LogP contribution is 2.40. The second-order valence-corrected chi connectivity index (χ2v) is 7.38. The fraction of sp³-hybridized carbons (Fsp3) is 0.769. The summed E-state index contributed by atoms with van der Waals surface area (Å²) in [5.41, 5.74) is 5.57. The number of hydrogen-bond acceptors (Lipinski definition) is 4. The van der Waals surface area contributed by atoms with Crippen molar-refractivity contribution in [3.63, 3.8) is 0 Å². The molecule has 0 radical (unpaired) electrons. The van der Waals surface area contributed by atoms with Gasteiger partial charge in [-0.1, -0.05) is 19.8 Å². The molecule has 6 nitrogen and oxygen atoms in total. The first-order chi connectivity index (χ1) is 9.51. The van der Waals surface area contributed by atoms with E-state index in [9.17, 15) is 8.42 Å². The van der Waals surface area contributed by atoms with Crippen LogP contribution in [0, 0.1) is 5.41 Å². The number of rotatable bonds is 7. The average molecular weight is 300 g/mol. The van der Waals surface area contributed by atoms with Crippen LogP contribution in [-0.2, 0) is 16.6 Å². The van der Waals surface area contributed by atoms with Gasteiger partial charge in [-0.15, -0.1) is 0 Å². The quantitative estimate of drug-likeness (QED) is 0.788. The van der Waals surface area contributed by atoms with Crippen molar-refractivity contribution in [2.45, 2.75) is 50.5 Å². The highest BCUT2D eigenvalue weighted by atomic mass is 32.2. The molecular formula is C13H24N4O2S. The first-order valence-corrected chi connectivity index (χ1v) is 8.72. The van der Waals surface area contributed by atoms with Gasteiger partial charge in [-0.05, 0) is 24.7 Å². The maximum Gasteiger partial charge on any atom is 0.243 e. The standard InChI is InChI=1S/C13H24N4O2S/c1-2-13(5-3-4-6-13)11-16-20(18,19)12-9-15-17(10-12)8-7-14/h9-10,16H,2-8,11,14H2,1H3. The van der Waals surface area contributed by atoms with Crippen LogP contribution in [0.25, 0.3) is 0 Å². The number of nitrogens with zero attached hydrogens (tertiary/aromatic N) is 2. The van der Waals surface area contributed by atoms with Crippen molar-refractivity contribution in [1.29, 1.82) is 0 Å². The van der Waals surface area contributed by atoms with Gasteiger partial charge in [0.2, 0.25) is 10.0 Å². The predicted octanol–water partition coefficient (Wildman–Crippen LogP) is 1.09. The molecular weight excluding hydrogens is 276 g/mol. The second kappa shape index (κ2) is 6.24. The minimum Gasteiger partial charge on any atom is -0.329 e. The zero-order valence-electron chi connectivity index (χ0n) is 12.0. The Morgan fingerprint density at radius 3 is 2.75 bits per heavy atom. The van der Waals surface area contributed by atoms with E-state index >= 15 is 0 Å². The van der Waals surface area contributed by atoms with Gasteiger partial charge in [0.05, 0.1) is 12.7 Å². The summed E-state index contributed by atoms with van der Waals surface area (Å²) in [6, 6.07) is 0. The lowest BCUT2D eigenvalue weighted by molar-refractivity contribution is 0.285. The minimum absolute atomic E-state index is 0.139. The van der Waals surface area contributed by atoms with E-state index < -0.39 is 10.0 Å². The second-order valence-electron chi connectivity index (χ2n) is 5.61. The molecule has 1 fully saturated rings. The Hall–Kier alpha value is -0.920. The van der Waals surface area contributed by atoms with Crippen molar-refractivity contribution in [3.05, 3.63) is 12.4 Å². The van der Waals surface area contributed by atoms with Crippen LogP contribution in [0.1, 0.15) is 39.0 Å². The van der Waals surface area contributed by atoms with Gasteiger partial charge in [0.1, 0.15) is 4.90 Å². The molecule has 0 aromatic carbocycles. The summed E-state index contributed by atoms with van der Waals surface area (Å²) in [6.07, 6.45) is 8.54. The van der Waals surface area contributed by atoms with Gasteiger partial charge in [-0.3, -0.25) is 4.68 Å². The van der Waals surface area contributed by atoms with Crippen LogP contribution in [0.15, 0.2) is 17.3 Å². The monoisotopic (exact) mass is 300 g/mol. The predicted molar refractivity (Wildman–Crippen MR) is 77.7 cm³/mol. The molecule has 1 heterocycles. The van der Waals surface area contributed by atoms with Gasteiger partial charge in [0, 0.05) is 19.3 Å². The van der Waals surface area contributed by atoms with E-state index in [2.05, 4.69) is 16.7 Å². The van der Waals surface area contributed by atoms with Crippen LogP contribution in [-0.4, -0.2) is 31.3 Å². The Morgan fingerprint density at radius 1 is 1.45 bits per heavy atom. The van der Waals surface area contributed by atoms with Crippen molar-refractivity contribution in [2.75, 3.05) is 13.1 Å². The Bertz CT molecular complexity index is 532. The summed E-state index contributed by atoms with van der Waals surface area (Å²) in [5.74, 6) is 0. The number of nitrogens with one attached hydrogen (secondary N) is 1. The van der Waals surface area contributed by atoms with E-state index in [1.54, 1.807) is 4.68 Å². The lowest BCUT2D eigenvalue weighted by Crippen LogP contribution is -2.35. The Morgan fingerprint density at radius 2 is 2.15 bits per heavy atom. The third-order valence-electron chi connectivity index (χ3n) is 4.33. The molecule has 0 amide bonds. The van der Waals surface area contributed by atoms with E-state index in [4.69, 9.17) is 5.73 Å². The van der Waals surface area contributed by atoms with E-state index in [1.807, 2.05) is 0 Å². The third kappa shape index (κ3) is 3.39. The first kappa shape index (κ1) is 15.5. The lowest BCUT2D eigenvalue weighted by Gasteiger charge is -2.27. The molecule has 3 N–H and O–H groups in total. The highest BCUT2D eigenvalue weighted by Gasteiger charge is 2.33. The normalized spacial score (nSPS) is 18.5. The summed E-state index contributed by atoms with van der Waals surface area (Å²) in [4.78, 5) is 0.218. The fourth-order valence-electron chi connectivity index (χ4n) is 2.85. The molecule has 1 aliphatic carbocycles. The Labute approximate surface area is 120 Å². The Balaban J connectivity index is 2.03. The molecule has 1 aromatic rings. The number of aromatic nitrogens is 2. The smallest absolute Gasteiger partial charge is 0.243 e. The van der Waals surface area contributed by atoms with Crippen LogP contribution < -0.4 is 10.5 Å². The van der Waals surface area contributed by atoms with Crippen LogP contribution in [0.2, 0.25) is 0 Å².